The molecule has 0 aliphatic heterocycles. The zero-order valence-corrected chi connectivity index (χ0v) is 17.3. The van der Waals surface area contributed by atoms with Crippen molar-refractivity contribution in [1.29, 1.82) is 0 Å². The first-order valence-corrected chi connectivity index (χ1v) is 9.83. The van der Waals surface area contributed by atoms with Crippen LogP contribution >= 0.6 is 0 Å². The first-order valence-electron chi connectivity index (χ1n) is 9.83. The Hall–Kier alpha value is -3.61. The second kappa shape index (κ2) is 9.26. The van der Waals surface area contributed by atoms with Crippen LogP contribution in [0.4, 0.5) is 5.69 Å². The first kappa shape index (κ1) is 21.1. The van der Waals surface area contributed by atoms with E-state index in [1.807, 2.05) is 42.8 Å². The summed E-state index contributed by atoms with van der Waals surface area (Å²) in [5.74, 6) is -0.649. The zero-order valence-electron chi connectivity index (χ0n) is 17.3. The molecule has 3 aromatic rings. The molecule has 2 aromatic carbocycles. The summed E-state index contributed by atoms with van der Waals surface area (Å²) in [6, 6.07) is 13.8. The van der Waals surface area contributed by atoms with Crippen LogP contribution in [0.25, 0.3) is 10.9 Å². The fourth-order valence-electron chi connectivity index (χ4n) is 3.32. The highest BCUT2D eigenvalue weighted by Gasteiger charge is 2.13. The lowest BCUT2D eigenvalue weighted by Crippen LogP contribution is -2.33. The van der Waals surface area contributed by atoms with Crippen molar-refractivity contribution < 1.29 is 19.1 Å². The fourth-order valence-corrected chi connectivity index (χ4v) is 3.32. The number of aromatic nitrogens is 1. The van der Waals surface area contributed by atoms with E-state index in [2.05, 4.69) is 10.1 Å². The Bertz CT molecular complexity index is 1070. The third-order valence-corrected chi connectivity index (χ3v) is 5.02. The van der Waals surface area contributed by atoms with Crippen LogP contribution in [0.2, 0.25) is 0 Å². The molecule has 0 atom stereocenters. The summed E-state index contributed by atoms with van der Waals surface area (Å²) in [6.07, 6.45) is 1.88. The number of methoxy groups -OCH3 is 1. The van der Waals surface area contributed by atoms with Gasteiger partial charge in [-0.15, -0.1) is 0 Å². The number of ether oxygens (including phenoxy) is 1. The van der Waals surface area contributed by atoms with Gasteiger partial charge in [-0.05, 0) is 62.4 Å². The normalized spacial score (nSPS) is 10.6. The smallest absolute Gasteiger partial charge is 0.337 e. The van der Waals surface area contributed by atoms with Gasteiger partial charge < -0.3 is 19.5 Å². The number of hydrogen-bond acceptors (Lipinski definition) is 4. The molecule has 0 aliphatic rings. The van der Waals surface area contributed by atoms with E-state index in [0.717, 1.165) is 10.9 Å². The van der Waals surface area contributed by atoms with Crippen LogP contribution in [0.5, 0.6) is 0 Å². The number of carbonyl (C=O) groups is 3. The van der Waals surface area contributed by atoms with Gasteiger partial charge in [0.25, 0.3) is 5.91 Å². The molecule has 2 amide bonds. The van der Waals surface area contributed by atoms with Gasteiger partial charge in [-0.25, -0.2) is 4.79 Å². The van der Waals surface area contributed by atoms with Gasteiger partial charge in [-0.2, -0.15) is 0 Å². The van der Waals surface area contributed by atoms with Crippen molar-refractivity contribution in [2.24, 2.45) is 0 Å². The van der Waals surface area contributed by atoms with Crippen LogP contribution in [0.15, 0.2) is 54.7 Å². The standard InChI is InChI=1S/C23H25N3O4/c1-4-25(5-2)21(27)15-26-13-12-18-14-19(10-11-20(18)26)24-22(28)16-6-8-17(9-7-16)23(29)30-3/h6-14H,4-5,15H2,1-3H3,(H,24,28). The number of benzene rings is 2. The zero-order chi connectivity index (χ0) is 21.7. The van der Waals surface area contributed by atoms with E-state index in [1.54, 1.807) is 35.2 Å². The Morgan fingerprint density at radius 2 is 1.63 bits per heavy atom. The molecule has 7 heteroatoms. The molecule has 0 bridgehead atoms. The molecule has 0 spiro atoms. The van der Waals surface area contributed by atoms with Gasteiger partial charge in [-0.3, -0.25) is 9.59 Å². The molecule has 1 heterocycles. The Kier molecular flexibility index (Phi) is 6.51. The van der Waals surface area contributed by atoms with Gasteiger partial charge in [0, 0.05) is 41.4 Å². The molecule has 0 unspecified atom stereocenters. The van der Waals surface area contributed by atoms with Crippen molar-refractivity contribution in [1.82, 2.24) is 9.47 Å². The molecule has 30 heavy (non-hydrogen) atoms. The number of hydrogen-bond donors (Lipinski definition) is 1. The molecule has 156 valence electrons. The number of anilines is 1. The Balaban J connectivity index is 1.72. The quantitative estimate of drug-likeness (QED) is 0.608. The SMILES string of the molecule is CCN(CC)C(=O)Cn1ccc2cc(NC(=O)c3ccc(C(=O)OC)cc3)ccc21. The molecule has 7 nitrogen and oxygen atoms in total. The number of likely N-dealkylation sites (N-methyl/N-ethyl adjacent to an activating group) is 1. The van der Waals surface area contributed by atoms with Crippen molar-refractivity contribution in [3.05, 3.63) is 65.9 Å². The summed E-state index contributed by atoms with van der Waals surface area (Å²) in [5.41, 5.74) is 2.40. The van der Waals surface area contributed by atoms with E-state index in [0.29, 0.717) is 29.9 Å². The van der Waals surface area contributed by atoms with E-state index in [1.165, 1.54) is 7.11 Å². The molecule has 3 rings (SSSR count). The number of nitrogens with zero attached hydrogens (tertiary/aromatic N) is 2. The van der Waals surface area contributed by atoms with Gasteiger partial charge in [-0.1, -0.05) is 0 Å². The minimum Gasteiger partial charge on any atom is -0.465 e. The summed E-state index contributed by atoms with van der Waals surface area (Å²) in [4.78, 5) is 38.2. The van der Waals surface area contributed by atoms with Crippen LogP contribution in [0.3, 0.4) is 0 Å². The van der Waals surface area contributed by atoms with Gasteiger partial charge in [0.05, 0.1) is 12.7 Å². The average Bonchev–Trinajstić information content (AvgIpc) is 3.16. The molecular formula is C23H25N3O4. The predicted molar refractivity (Wildman–Crippen MR) is 116 cm³/mol. The van der Waals surface area contributed by atoms with Gasteiger partial charge in [0.15, 0.2) is 0 Å². The molecule has 0 fully saturated rings. The lowest BCUT2D eigenvalue weighted by atomic mass is 10.1. The first-order chi connectivity index (χ1) is 14.5. The van der Waals surface area contributed by atoms with Crippen LogP contribution in [-0.2, 0) is 16.1 Å². The summed E-state index contributed by atoms with van der Waals surface area (Å²) in [5, 5.41) is 3.79. The maximum Gasteiger partial charge on any atom is 0.337 e. The van der Waals surface area contributed by atoms with E-state index in [9.17, 15) is 14.4 Å². The second-order valence-electron chi connectivity index (χ2n) is 6.81. The topological polar surface area (TPSA) is 80.6 Å². The van der Waals surface area contributed by atoms with Crippen LogP contribution in [0.1, 0.15) is 34.6 Å². The minimum atomic E-state index is -0.448. The summed E-state index contributed by atoms with van der Waals surface area (Å²) < 4.78 is 6.57. The lowest BCUT2D eigenvalue weighted by Gasteiger charge is -2.19. The summed E-state index contributed by atoms with van der Waals surface area (Å²) in [6.45, 7) is 5.58. The fraction of sp³-hybridized carbons (Fsp3) is 0.261. The number of amides is 2. The largest absolute Gasteiger partial charge is 0.465 e. The number of rotatable bonds is 7. The third kappa shape index (κ3) is 4.51. The predicted octanol–water partition coefficient (Wildman–Crippen LogP) is 3.55. The Morgan fingerprint density at radius 1 is 0.967 bits per heavy atom. The second-order valence-corrected chi connectivity index (χ2v) is 6.81. The van der Waals surface area contributed by atoms with Gasteiger partial charge >= 0.3 is 5.97 Å². The van der Waals surface area contributed by atoms with E-state index in [-0.39, 0.29) is 18.4 Å². The maximum atomic E-state index is 12.5. The van der Waals surface area contributed by atoms with Gasteiger partial charge in [0.2, 0.25) is 5.91 Å². The number of esters is 1. The highest BCUT2D eigenvalue weighted by Crippen LogP contribution is 2.21. The van der Waals surface area contributed by atoms with Crippen molar-refractivity contribution in [2.45, 2.75) is 20.4 Å². The number of fused-ring (bicyclic) bond motifs is 1. The number of carbonyl (C=O) groups excluding carboxylic acids is 3. The van der Waals surface area contributed by atoms with Crippen molar-refractivity contribution in [3.63, 3.8) is 0 Å². The molecule has 0 saturated heterocycles. The van der Waals surface area contributed by atoms with Crippen molar-refractivity contribution >= 4 is 34.4 Å². The Labute approximate surface area is 175 Å². The van der Waals surface area contributed by atoms with E-state index >= 15 is 0 Å². The van der Waals surface area contributed by atoms with E-state index in [4.69, 9.17) is 0 Å². The molecule has 1 N–H and O–H groups in total. The lowest BCUT2D eigenvalue weighted by molar-refractivity contribution is -0.131. The molecule has 0 aliphatic carbocycles. The molecule has 0 radical (unpaired) electrons. The third-order valence-electron chi connectivity index (χ3n) is 5.02. The molecular weight excluding hydrogens is 382 g/mol. The monoisotopic (exact) mass is 407 g/mol. The molecule has 1 aromatic heterocycles. The van der Waals surface area contributed by atoms with Crippen LogP contribution in [-0.4, -0.2) is 47.4 Å². The maximum absolute atomic E-state index is 12.5. The van der Waals surface area contributed by atoms with Crippen LogP contribution in [0, 0.1) is 0 Å². The summed E-state index contributed by atoms with van der Waals surface area (Å²) in [7, 11) is 1.31. The van der Waals surface area contributed by atoms with Crippen molar-refractivity contribution in [2.75, 3.05) is 25.5 Å². The number of nitrogens with one attached hydrogen (secondary N) is 1. The minimum absolute atomic E-state index is 0.0743. The Morgan fingerprint density at radius 3 is 2.27 bits per heavy atom. The average molecular weight is 407 g/mol. The van der Waals surface area contributed by atoms with Crippen molar-refractivity contribution in [3.8, 4) is 0 Å². The summed E-state index contributed by atoms with van der Waals surface area (Å²) >= 11 is 0. The highest BCUT2D eigenvalue weighted by atomic mass is 16.5. The molecule has 0 saturated carbocycles. The van der Waals surface area contributed by atoms with Gasteiger partial charge in [0.1, 0.15) is 6.54 Å². The van der Waals surface area contributed by atoms with E-state index < -0.39 is 5.97 Å². The highest BCUT2D eigenvalue weighted by molar-refractivity contribution is 6.05. The van der Waals surface area contributed by atoms with Crippen LogP contribution < -0.4 is 5.32 Å².